The van der Waals surface area contributed by atoms with E-state index in [9.17, 15) is 8.42 Å². The van der Waals surface area contributed by atoms with Gasteiger partial charge >= 0.3 is 0 Å². The van der Waals surface area contributed by atoms with Crippen LogP contribution in [0.15, 0.2) is 23.1 Å². The summed E-state index contributed by atoms with van der Waals surface area (Å²) in [5, 5.41) is 0.304. The molecule has 0 saturated heterocycles. The van der Waals surface area contributed by atoms with Gasteiger partial charge in [-0.25, -0.2) is 8.42 Å². The van der Waals surface area contributed by atoms with Gasteiger partial charge in [0, 0.05) is 6.26 Å². The number of benzene rings is 1. The minimum Gasteiger partial charge on any atom is -0.224 e. The third-order valence-corrected chi connectivity index (χ3v) is 3.60. The average Bonchev–Trinajstić information content (AvgIpc) is 2.01. The summed E-state index contributed by atoms with van der Waals surface area (Å²) in [6, 6.07) is 5.07. The minimum atomic E-state index is -3.21. The molecule has 0 aliphatic heterocycles. The van der Waals surface area contributed by atoms with Crippen molar-refractivity contribution in [1.29, 1.82) is 0 Å². The first-order chi connectivity index (χ1) is 6.32. The molecule has 0 bridgehead atoms. The van der Waals surface area contributed by atoms with Crippen LogP contribution in [0.4, 0.5) is 0 Å². The second kappa shape index (κ2) is 3.91. The summed E-state index contributed by atoms with van der Waals surface area (Å²) in [5.41, 5.74) is 1.04. The highest BCUT2D eigenvalue weighted by molar-refractivity contribution is 7.90. The van der Waals surface area contributed by atoms with Gasteiger partial charge in [-0.05, 0) is 23.6 Å². The fourth-order valence-corrected chi connectivity index (χ4v) is 2.51. The molecular formula is C10H13ClO2S. The zero-order valence-corrected chi connectivity index (χ0v) is 9.98. The fraction of sp³-hybridized carbons (Fsp3) is 0.400. The molecule has 0 aliphatic carbocycles. The molecule has 2 nitrogen and oxygen atoms in total. The van der Waals surface area contributed by atoms with Crippen LogP contribution in [-0.2, 0) is 9.84 Å². The van der Waals surface area contributed by atoms with Crippen LogP contribution < -0.4 is 0 Å². The summed E-state index contributed by atoms with van der Waals surface area (Å²) >= 11 is 5.88. The van der Waals surface area contributed by atoms with Crippen LogP contribution in [0, 0.1) is 0 Å². The highest BCUT2D eigenvalue weighted by Crippen LogP contribution is 2.25. The van der Waals surface area contributed by atoms with Gasteiger partial charge in [0.2, 0.25) is 0 Å². The van der Waals surface area contributed by atoms with Gasteiger partial charge in [0.25, 0.3) is 0 Å². The Labute approximate surface area is 89.8 Å². The van der Waals surface area contributed by atoms with E-state index in [1.165, 1.54) is 0 Å². The van der Waals surface area contributed by atoms with E-state index in [1.54, 1.807) is 18.2 Å². The Bertz CT molecular complexity index is 435. The Morgan fingerprint density at radius 1 is 1.29 bits per heavy atom. The predicted octanol–water partition coefficient (Wildman–Crippen LogP) is 2.87. The lowest BCUT2D eigenvalue weighted by molar-refractivity contribution is 0.602. The molecule has 0 atom stereocenters. The molecule has 0 fully saturated rings. The number of hydrogen-bond donors (Lipinski definition) is 0. The molecule has 0 unspecified atom stereocenters. The van der Waals surface area contributed by atoms with Gasteiger partial charge in [0.15, 0.2) is 9.84 Å². The lowest BCUT2D eigenvalue weighted by atomic mass is 10.0. The highest BCUT2D eigenvalue weighted by Gasteiger charge is 2.12. The molecule has 0 N–H and O–H groups in total. The summed E-state index contributed by atoms with van der Waals surface area (Å²) in [7, 11) is -3.21. The Morgan fingerprint density at radius 3 is 2.21 bits per heavy atom. The van der Waals surface area contributed by atoms with E-state index in [-0.39, 0.29) is 4.90 Å². The lowest BCUT2D eigenvalue weighted by Crippen LogP contribution is -1.99. The quantitative estimate of drug-likeness (QED) is 0.786. The standard InChI is InChI=1S/C10H13ClO2S/c1-7(2)8-4-5-10(9(11)6-8)14(3,12)13/h4-7H,1-3H3. The smallest absolute Gasteiger partial charge is 0.176 e. The normalized spacial score (nSPS) is 12.1. The molecule has 1 rings (SSSR count). The van der Waals surface area contributed by atoms with Crippen molar-refractivity contribution in [2.24, 2.45) is 0 Å². The average molecular weight is 233 g/mol. The second-order valence-corrected chi connectivity index (χ2v) is 6.01. The largest absolute Gasteiger partial charge is 0.224 e. The lowest BCUT2D eigenvalue weighted by Gasteiger charge is -2.08. The van der Waals surface area contributed by atoms with Gasteiger partial charge in [-0.3, -0.25) is 0 Å². The summed E-state index contributed by atoms with van der Waals surface area (Å²) in [6.45, 7) is 4.07. The maximum Gasteiger partial charge on any atom is 0.176 e. The van der Waals surface area contributed by atoms with Crippen molar-refractivity contribution in [3.63, 3.8) is 0 Å². The van der Waals surface area contributed by atoms with Crippen LogP contribution in [0.5, 0.6) is 0 Å². The Hall–Kier alpha value is -0.540. The zero-order valence-electron chi connectivity index (χ0n) is 8.41. The molecule has 4 heteroatoms. The van der Waals surface area contributed by atoms with Crippen LogP contribution in [0.1, 0.15) is 25.3 Å². The second-order valence-electron chi connectivity index (χ2n) is 3.62. The first kappa shape index (κ1) is 11.5. The summed E-state index contributed by atoms with van der Waals surface area (Å²) in [6.07, 6.45) is 1.16. The molecule has 0 saturated carbocycles. The van der Waals surface area contributed by atoms with Crippen molar-refractivity contribution in [3.05, 3.63) is 28.8 Å². The van der Waals surface area contributed by atoms with Crippen molar-refractivity contribution < 1.29 is 8.42 Å². The number of halogens is 1. The van der Waals surface area contributed by atoms with Crippen LogP contribution in [0.3, 0.4) is 0 Å². The Balaban J connectivity index is 3.28. The fourth-order valence-electron chi connectivity index (χ4n) is 1.18. The van der Waals surface area contributed by atoms with Gasteiger partial charge in [-0.1, -0.05) is 31.5 Å². The molecular weight excluding hydrogens is 220 g/mol. The molecule has 0 amide bonds. The van der Waals surface area contributed by atoms with Crippen molar-refractivity contribution in [2.75, 3.05) is 6.26 Å². The summed E-state index contributed by atoms with van der Waals surface area (Å²) < 4.78 is 22.5. The van der Waals surface area contributed by atoms with Gasteiger partial charge < -0.3 is 0 Å². The van der Waals surface area contributed by atoms with Crippen LogP contribution in [0.2, 0.25) is 5.02 Å². The molecule has 1 aromatic rings. The van der Waals surface area contributed by atoms with Crippen LogP contribution >= 0.6 is 11.6 Å². The first-order valence-corrected chi connectivity index (χ1v) is 6.59. The topological polar surface area (TPSA) is 34.1 Å². The third-order valence-electron chi connectivity index (χ3n) is 2.02. The van der Waals surface area contributed by atoms with Crippen molar-refractivity contribution in [2.45, 2.75) is 24.7 Å². The molecule has 78 valence electrons. The zero-order chi connectivity index (χ0) is 10.9. The van der Waals surface area contributed by atoms with Crippen molar-refractivity contribution in [1.82, 2.24) is 0 Å². The van der Waals surface area contributed by atoms with Gasteiger partial charge in [-0.15, -0.1) is 0 Å². The maximum atomic E-state index is 11.3. The SMILES string of the molecule is CC(C)c1ccc(S(C)(=O)=O)c(Cl)c1. The minimum absolute atomic E-state index is 0.198. The summed E-state index contributed by atoms with van der Waals surface area (Å²) in [4.78, 5) is 0.198. The molecule has 0 aliphatic rings. The van der Waals surface area contributed by atoms with E-state index in [2.05, 4.69) is 0 Å². The van der Waals surface area contributed by atoms with Gasteiger partial charge in [0.1, 0.15) is 0 Å². The van der Waals surface area contributed by atoms with Crippen molar-refractivity contribution in [3.8, 4) is 0 Å². The van der Waals surface area contributed by atoms with Crippen molar-refractivity contribution >= 4 is 21.4 Å². The highest BCUT2D eigenvalue weighted by atomic mass is 35.5. The monoisotopic (exact) mass is 232 g/mol. The molecule has 1 aromatic carbocycles. The first-order valence-electron chi connectivity index (χ1n) is 4.32. The van der Waals surface area contributed by atoms with Crippen LogP contribution in [-0.4, -0.2) is 14.7 Å². The van der Waals surface area contributed by atoms with E-state index in [1.807, 2.05) is 13.8 Å². The maximum absolute atomic E-state index is 11.3. The van der Waals surface area contributed by atoms with Gasteiger partial charge in [-0.2, -0.15) is 0 Å². The Kier molecular flexibility index (Phi) is 3.22. The van der Waals surface area contributed by atoms with Gasteiger partial charge in [0.05, 0.1) is 9.92 Å². The van der Waals surface area contributed by atoms with E-state index in [0.717, 1.165) is 11.8 Å². The van der Waals surface area contributed by atoms with Crippen LogP contribution in [0.25, 0.3) is 0 Å². The number of sulfone groups is 1. The summed E-state index contributed by atoms with van der Waals surface area (Å²) in [5.74, 6) is 0.348. The number of hydrogen-bond acceptors (Lipinski definition) is 2. The molecule has 0 heterocycles. The molecule has 14 heavy (non-hydrogen) atoms. The molecule has 0 spiro atoms. The predicted molar refractivity (Wildman–Crippen MR) is 58.7 cm³/mol. The van der Waals surface area contributed by atoms with E-state index in [0.29, 0.717) is 10.9 Å². The van der Waals surface area contributed by atoms with E-state index >= 15 is 0 Å². The molecule has 0 radical (unpaired) electrons. The third kappa shape index (κ3) is 2.49. The van der Waals surface area contributed by atoms with E-state index in [4.69, 9.17) is 11.6 Å². The van der Waals surface area contributed by atoms with E-state index < -0.39 is 9.84 Å². The number of rotatable bonds is 2. The Morgan fingerprint density at radius 2 is 1.86 bits per heavy atom. The molecule has 0 aromatic heterocycles.